The standard InChI is InChI=1S/C15H20N2O2/c1-4-9-19-14-7-5-13(6-8-14)11-17-12(2)10-15(18)16-3/h1,5-8,12,17H,9-11H2,2-3H3,(H,16,18). The van der Waals surface area contributed by atoms with Crippen LogP contribution in [-0.2, 0) is 11.3 Å². The summed E-state index contributed by atoms with van der Waals surface area (Å²) in [6.45, 7) is 2.98. The van der Waals surface area contributed by atoms with Gasteiger partial charge in [0.2, 0.25) is 5.91 Å². The molecule has 0 radical (unpaired) electrons. The zero-order chi connectivity index (χ0) is 14.1. The molecule has 0 aliphatic rings. The lowest BCUT2D eigenvalue weighted by atomic mass is 10.2. The molecule has 0 fully saturated rings. The van der Waals surface area contributed by atoms with E-state index in [4.69, 9.17) is 11.2 Å². The van der Waals surface area contributed by atoms with Gasteiger partial charge in [0.1, 0.15) is 12.4 Å². The summed E-state index contributed by atoms with van der Waals surface area (Å²) in [4.78, 5) is 11.2. The highest BCUT2D eigenvalue weighted by molar-refractivity contribution is 5.76. The minimum atomic E-state index is 0.0398. The molecule has 0 heterocycles. The van der Waals surface area contributed by atoms with Crippen LogP contribution in [0.2, 0.25) is 0 Å². The summed E-state index contributed by atoms with van der Waals surface area (Å²) in [6, 6.07) is 7.87. The van der Waals surface area contributed by atoms with Gasteiger partial charge < -0.3 is 15.4 Å². The summed E-state index contributed by atoms with van der Waals surface area (Å²) in [6.07, 6.45) is 5.59. The molecule has 1 amide bonds. The van der Waals surface area contributed by atoms with Crippen molar-refractivity contribution in [3.8, 4) is 18.1 Å². The first-order chi connectivity index (χ1) is 9.15. The molecule has 0 bridgehead atoms. The van der Waals surface area contributed by atoms with E-state index < -0.39 is 0 Å². The van der Waals surface area contributed by atoms with Crippen LogP contribution in [0.25, 0.3) is 0 Å². The molecule has 1 rings (SSSR count). The molecule has 0 aromatic heterocycles. The van der Waals surface area contributed by atoms with Crippen LogP contribution in [-0.4, -0.2) is 25.6 Å². The quantitative estimate of drug-likeness (QED) is 0.727. The minimum absolute atomic E-state index is 0.0398. The van der Waals surface area contributed by atoms with Gasteiger partial charge in [-0.05, 0) is 24.6 Å². The van der Waals surface area contributed by atoms with Crippen LogP contribution in [0.1, 0.15) is 18.9 Å². The van der Waals surface area contributed by atoms with Crippen molar-refractivity contribution in [3.63, 3.8) is 0 Å². The van der Waals surface area contributed by atoms with E-state index in [0.29, 0.717) is 13.0 Å². The van der Waals surface area contributed by atoms with Crippen molar-refractivity contribution in [2.24, 2.45) is 0 Å². The minimum Gasteiger partial charge on any atom is -0.481 e. The lowest BCUT2D eigenvalue weighted by molar-refractivity contribution is -0.121. The summed E-state index contributed by atoms with van der Waals surface area (Å²) in [5, 5.41) is 5.90. The Bertz CT molecular complexity index is 434. The maximum atomic E-state index is 11.2. The van der Waals surface area contributed by atoms with Gasteiger partial charge in [-0.3, -0.25) is 4.79 Å². The second kappa shape index (κ2) is 8.17. The first-order valence-corrected chi connectivity index (χ1v) is 6.25. The van der Waals surface area contributed by atoms with Crippen LogP contribution in [0.4, 0.5) is 0 Å². The van der Waals surface area contributed by atoms with Crippen molar-refractivity contribution in [2.75, 3.05) is 13.7 Å². The number of terminal acetylenes is 1. The SMILES string of the molecule is C#CCOc1ccc(CNC(C)CC(=O)NC)cc1. The number of ether oxygens (including phenoxy) is 1. The molecule has 4 nitrogen and oxygen atoms in total. The number of hydrogen-bond acceptors (Lipinski definition) is 3. The van der Waals surface area contributed by atoms with Crippen molar-refractivity contribution in [3.05, 3.63) is 29.8 Å². The van der Waals surface area contributed by atoms with Gasteiger partial charge in [0.15, 0.2) is 0 Å². The Morgan fingerprint density at radius 2 is 2.11 bits per heavy atom. The van der Waals surface area contributed by atoms with Crippen LogP contribution in [0.15, 0.2) is 24.3 Å². The second-order valence-electron chi connectivity index (χ2n) is 4.30. The molecule has 19 heavy (non-hydrogen) atoms. The molecule has 102 valence electrons. The van der Waals surface area contributed by atoms with Crippen LogP contribution < -0.4 is 15.4 Å². The van der Waals surface area contributed by atoms with Gasteiger partial charge in [-0.2, -0.15) is 0 Å². The van der Waals surface area contributed by atoms with Gasteiger partial charge in [0.05, 0.1) is 0 Å². The average Bonchev–Trinajstić information content (AvgIpc) is 2.43. The van der Waals surface area contributed by atoms with Crippen molar-refractivity contribution in [1.29, 1.82) is 0 Å². The molecule has 1 aromatic carbocycles. The smallest absolute Gasteiger partial charge is 0.221 e. The molecular formula is C15H20N2O2. The number of nitrogens with one attached hydrogen (secondary N) is 2. The Morgan fingerprint density at radius 1 is 1.42 bits per heavy atom. The van der Waals surface area contributed by atoms with E-state index in [1.54, 1.807) is 7.05 Å². The fraction of sp³-hybridized carbons (Fsp3) is 0.400. The third-order valence-corrected chi connectivity index (χ3v) is 2.67. The molecule has 0 spiro atoms. The Balaban J connectivity index is 2.37. The molecule has 0 saturated carbocycles. The van der Waals surface area contributed by atoms with Gasteiger partial charge in [-0.1, -0.05) is 18.1 Å². The third-order valence-electron chi connectivity index (χ3n) is 2.67. The van der Waals surface area contributed by atoms with Crippen molar-refractivity contribution < 1.29 is 9.53 Å². The van der Waals surface area contributed by atoms with Crippen molar-refractivity contribution in [1.82, 2.24) is 10.6 Å². The highest BCUT2D eigenvalue weighted by Crippen LogP contribution is 2.12. The molecule has 0 aliphatic heterocycles. The molecule has 0 saturated heterocycles. The maximum Gasteiger partial charge on any atom is 0.221 e. The Kier molecular flexibility index (Phi) is 6.48. The summed E-state index contributed by atoms with van der Waals surface area (Å²) < 4.78 is 5.29. The average molecular weight is 260 g/mol. The maximum absolute atomic E-state index is 11.2. The third kappa shape index (κ3) is 5.94. The van der Waals surface area contributed by atoms with Crippen LogP contribution >= 0.6 is 0 Å². The number of rotatable bonds is 7. The largest absolute Gasteiger partial charge is 0.481 e. The number of amides is 1. The molecular weight excluding hydrogens is 240 g/mol. The topological polar surface area (TPSA) is 50.4 Å². The number of carbonyl (C=O) groups excluding carboxylic acids is 1. The Hall–Kier alpha value is -1.99. The first kappa shape index (κ1) is 15.1. The van der Waals surface area contributed by atoms with E-state index in [1.807, 2.05) is 31.2 Å². The number of hydrogen-bond donors (Lipinski definition) is 2. The normalized spacial score (nSPS) is 11.4. The van der Waals surface area contributed by atoms with Crippen LogP contribution in [0.3, 0.4) is 0 Å². The molecule has 2 N–H and O–H groups in total. The van der Waals surface area contributed by atoms with Gasteiger partial charge in [0.25, 0.3) is 0 Å². The van der Waals surface area contributed by atoms with E-state index in [-0.39, 0.29) is 18.6 Å². The summed E-state index contributed by atoms with van der Waals surface area (Å²) >= 11 is 0. The summed E-state index contributed by atoms with van der Waals surface area (Å²) in [5.41, 5.74) is 1.14. The second-order valence-corrected chi connectivity index (χ2v) is 4.30. The van der Waals surface area contributed by atoms with E-state index in [9.17, 15) is 4.79 Å². The zero-order valence-corrected chi connectivity index (χ0v) is 11.4. The number of carbonyl (C=O) groups is 1. The highest BCUT2D eigenvalue weighted by atomic mass is 16.5. The highest BCUT2D eigenvalue weighted by Gasteiger charge is 2.06. The molecule has 0 aliphatic carbocycles. The van der Waals surface area contributed by atoms with E-state index in [2.05, 4.69) is 16.6 Å². The van der Waals surface area contributed by atoms with Gasteiger partial charge in [-0.15, -0.1) is 6.42 Å². The summed E-state index contributed by atoms with van der Waals surface area (Å²) in [5.74, 6) is 3.23. The van der Waals surface area contributed by atoms with Gasteiger partial charge in [0, 0.05) is 26.1 Å². The van der Waals surface area contributed by atoms with E-state index in [0.717, 1.165) is 11.3 Å². The van der Waals surface area contributed by atoms with Gasteiger partial charge >= 0.3 is 0 Å². The fourth-order valence-electron chi connectivity index (χ4n) is 1.57. The lowest BCUT2D eigenvalue weighted by Crippen LogP contribution is -2.31. The van der Waals surface area contributed by atoms with E-state index in [1.165, 1.54) is 0 Å². The van der Waals surface area contributed by atoms with Crippen LogP contribution in [0, 0.1) is 12.3 Å². The van der Waals surface area contributed by atoms with Crippen molar-refractivity contribution >= 4 is 5.91 Å². The van der Waals surface area contributed by atoms with E-state index >= 15 is 0 Å². The predicted molar refractivity (Wildman–Crippen MR) is 75.8 cm³/mol. The lowest BCUT2D eigenvalue weighted by Gasteiger charge is -2.13. The van der Waals surface area contributed by atoms with Gasteiger partial charge in [-0.25, -0.2) is 0 Å². The Morgan fingerprint density at radius 3 is 2.68 bits per heavy atom. The molecule has 1 aromatic rings. The summed E-state index contributed by atoms with van der Waals surface area (Å²) in [7, 11) is 1.64. The molecule has 1 unspecified atom stereocenters. The first-order valence-electron chi connectivity index (χ1n) is 6.25. The van der Waals surface area contributed by atoms with Crippen molar-refractivity contribution in [2.45, 2.75) is 25.9 Å². The predicted octanol–water partition coefficient (Wildman–Crippen LogP) is 1.31. The zero-order valence-electron chi connectivity index (χ0n) is 11.4. The Labute approximate surface area is 114 Å². The number of benzene rings is 1. The molecule has 1 atom stereocenters. The molecule has 4 heteroatoms. The van der Waals surface area contributed by atoms with Crippen LogP contribution in [0.5, 0.6) is 5.75 Å². The fourth-order valence-corrected chi connectivity index (χ4v) is 1.57. The monoisotopic (exact) mass is 260 g/mol.